The fourth-order valence-corrected chi connectivity index (χ4v) is 4.19. The molecule has 26 heavy (non-hydrogen) atoms. The molecule has 0 spiro atoms. The lowest BCUT2D eigenvalue weighted by Crippen LogP contribution is -2.42. The van der Waals surface area contributed by atoms with E-state index in [0.717, 1.165) is 21.7 Å². The predicted molar refractivity (Wildman–Crippen MR) is 107 cm³/mol. The normalized spacial score (nSPS) is 13.7. The van der Waals surface area contributed by atoms with Gasteiger partial charge in [0.15, 0.2) is 0 Å². The number of hydrogen-bond donors (Lipinski definition) is 0. The number of anilines is 1. The average molecular weight is 381 g/mol. The van der Waals surface area contributed by atoms with Crippen molar-refractivity contribution in [3.8, 4) is 0 Å². The van der Waals surface area contributed by atoms with Gasteiger partial charge >= 0.3 is 6.03 Å². The van der Waals surface area contributed by atoms with Crippen LogP contribution in [0.2, 0.25) is 5.02 Å². The van der Waals surface area contributed by atoms with Crippen LogP contribution in [0.5, 0.6) is 0 Å². The molecule has 1 aliphatic heterocycles. The molecule has 4 rings (SSSR count). The number of rotatable bonds is 4. The molecular formula is C21H17ClN2OS. The number of benzene rings is 3. The number of halogens is 1. The van der Waals surface area contributed by atoms with E-state index in [0.29, 0.717) is 18.1 Å². The summed E-state index contributed by atoms with van der Waals surface area (Å²) in [5.41, 5.74) is 2.96. The highest BCUT2D eigenvalue weighted by Crippen LogP contribution is 2.40. The third kappa shape index (κ3) is 3.43. The van der Waals surface area contributed by atoms with Gasteiger partial charge in [0.25, 0.3) is 0 Å². The van der Waals surface area contributed by atoms with Crippen molar-refractivity contribution in [3.63, 3.8) is 0 Å². The number of amides is 2. The fourth-order valence-electron chi connectivity index (χ4n) is 2.95. The molecule has 0 saturated heterocycles. The number of urea groups is 1. The second-order valence-corrected chi connectivity index (χ2v) is 7.51. The molecular weight excluding hydrogens is 364 g/mol. The van der Waals surface area contributed by atoms with E-state index in [-0.39, 0.29) is 6.03 Å². The Kier molecular flexibility index (Phi) is 4.87. The Bertz CT molecular complexity index is 932. The minimum atomic E-state index is -0.0301. The fraction of sp³-hybridized carbons (Fsp3) is 0.0952. The van der Waals surface area contributed by atoms with Gasteiger partial charge in [-0.2, -0.15) is 0 Å². The summed E-state index contributed by atoms with van der Waals surface area (Å²) < 4.78 is 1.80. The molecule has 1 heterocycles. The molecule has 0 aromatic heterocycles. The van der Waals surface area contributed by atoms with E-state index in [1.165, 1.54) is 11.9 Å². The van der Waals surface area contributed by atoms with Gasteiger partial charge < -0.3 is 0 Å². The summed E-state index contributed by atoms with van der Waals surface area (Å²) in [5, 5.41) is 0.672. The minimum Gasteiger partial charge on any atom is -0.288 e. The lowest BCUT2D eigenvalue weighted by Gasteiger charge is -2.36. The van der Waals surface area contributed by atoms with E-state index in [2.05, 4.69) is 0 Å². The van der Waals surface area contributed by atoms with Gasteiger partial charge in [-0.25, -0.2) is 4.79 Å². The zero-order valence-corrected chi connectivity index (χ0v) is 15.6. The molecule has 0 atom stereocenters. The van der Waals surface area contributed by atoms with Crippen molar-refractivity contribution in [2.24, 2.45) is 0 Å². The largest absolute Gasteiger partial charge is 0.335 e. The van der Waals surface area contributed by atoms with Crippen molar-refractivity contribution < 1.29 is 4.79 Å². The Morgan fingerprint density at radius 2 is 1.50 bits per heavy atom. The quantitative estimate of drug-likeness (QED) is 0.519. The zero-order chi connectivity index (χ0) is 17.9. The minimum absolute atomic E-state index is 0.0301. The summed E-state index contributed by atoms with van der Waals surface area (Å²) in [6.45, 7) is 0.999. The van der Waals surface area contributed by atoms with Crippen LogP contribution < -0.4 is 4.90 Å². The molecule has 0 N–H and O–H groups in total. The third-order valence-corrected chi connectivity index (χ3v) is 5.68. The van der Waals surface area contributed by atoms with Crippen molar-refractivity contribution in [3.05, 3.63) is 95.0 Å². The van der Waals surface area contributed by atoms with Crippen LogP contribution in [0.1, 0.15) is 11.1 Å². The SMILES string of the molecule is O=C1N(Cc2ccccc2)Sc2ccccc2N1Cc1ccccc1Cl. The van der Waals surface area contributed by atoms with Crippen molar-refractivity contribution in [1.29, 1.82) is 0 Å². The number of para-hydroxylation sites is 1. The summed E-state index contributed by atoms with van der Waals surface area (Å²) in [6.07, 6.45) is 0. The molecule has 5 heteroatoms. The highest BCUT2D eigenvalue weighted by Gasteiger charge is 2.31. The highest BCUT2D eigenvalue weighted by atomic mass is 35.5. The van der Waals surface area contributed by atoms with Crippen LogP contribution in [0, 0.1) is 0 Å². The summed E-state index contributed by atoms with van der Waals surface area (Å²) in [5.74, 6) is 0. The molecule has 0 aliphatic carbocycles. The molecule has 0 fully saturated rings. The maximum absolute atomic E-state index is 13.2. The van der Waals surface area contributed by atoms with Gasteiger partial charge in [0.2, 0.25) is 0 Å². The first-order chi connectivity index (χ1) is 12.7. The van der Waals surface area contributed by atoms with Crippen molar-refractivity contribution >= 4 is 35.3 Å². The number of nitrogens with zero attached hydrogens (tertiary/aromatic N) is 2. The molecule has 3 nitrogen and oxygen atoms in total. The van der Waals surface area contributed by atoms with Gasteiger partial charge in [0, 0.05) is 5.02 Å². The summed E-state index contributed by atoms with van der Waals surface area (Å²) in [6, 6.07) is 25.6. The number of fused-ring (bicyclic) bond motifs is 1. The standard InChI is InChI=1S/C21H17ClN2OS/c22-18-11-5-4-10-17(18)15-23-19-12-6-7-13-20(19)26-24(21(23)25)14-16-8-2-1-3-9-16/h1-13H,14-15H2. The average Bonchev–Trinajstić information content (AvgIpc) is 2.67. The van der Waals surface area contributed by atoms with Crippen LogP contribution >= 0.6 is 23.5 Å². The smallest absolute Gasteiger partial charge is 0.288 e. The Balaban J connectivity index is 1.67. The Labute approximate surface area is 162 Å². The molecule has 130 valence electrons. The molecule has 0 saturated carbocycles. The van der Waals surface area contributed by atoms with Crippen LogP contribution in [0.25, 0.3) is 0 Å². The molecule has 0 radical (unpaired) electrons. The van der Waals surface area contributed by atoms with Crippen molar-refractivity contribution in [2.45, 2.75) is 18.0 Å². The summed E-state index contributed by atoms with van der Waals surface area (Å²) >= 11 is 7.82. The van der Waals surface area contributed by atoms with Crippen LogP contribution in [-0.2, 0) is 13.1 Å². The molecule has 1 aliphatic rings. The second-order valence-electron chi connectivity index (χ2n) is 6.04. The van der Waals surface area contributed by atoms with Crippen LogP contribution in [-0.4, -0.2) is 10.3 Å². The first-order valence-electron chi connectivity index (χ1n) is 8.36. The van der Waals surface area contributed by atoms with Gasteiger partial charge in [-0.15, -0.1) is 0 Å². The van der Waals surface area contributed by atoms with Crippen molar-refractivity contribution in [1.82, 2.24) is 4.31 Å². The number of hydrogen-bond acceptors (Lipinski definition) is 2. The maximum Gasteiger partial charge on any atom is 0.335 e. The van der Waals surface area contributed by atoms with Crippen LogP contribution in [0.3, 0.4) is 0 Å². The van der Waals surface area contributed by atoms with E-state index in [1.54, 1.807) is 9.21 Å². The van der Waals surface area contributed by atoms with E-state index in [9.17, 15) is 4.79 Å². The monoisotopic (exact) mass is 380 g/mol. The summed E-state index contributed by atoms with van der Waals surface area (Å²) in [7, 11) is 0. The Morgan fingerprint density at radius 1 is 0.808 bits per heavy atom. The first kappa shape index (κ1) is 17.0. The van der Waals surface area contributed by atoms with Crippen molar-refractivity contribution in [2.75, 3.05) is 4.90 Å². The first-order valence-corrected chi connectivity index (χ1v) is 9.51. The second kappa shape index (κ2) is 7.44. The lowest BCUT2D eigenvalue weighted by molar-refractivity contribution is 0.229. The zero-order valence-electron chi connectivity index (χ0n) is 14.0. The van der Waals surface area contributed by atoms with Gasteiger partial charge in [-0.1, -0.05) is 72.3 Å². The van der Waals surface area contributed by atoms with E-state index >= 15 is 0 Å². The molecule has 3 aromatic rings. The van der Waals surface area contributed by atoms with Crippen LogP contribution in [0.4, 0.5) is 10.5 Å². The van der Waals surface area contributed by atoms with Crippen LogP contribution in [0.15, 0.2) is 83.8 Å². The molecule has 0 bridgehead atoms. The van der Waals surface area contributed by atoms with E-state index < -0.39 is 0 Å². The topological polar surface area (TPSA) is 23.6 Å². The van der Waals surface area contributed by atoms with E-state index in [1.807, 2.05) is 78.9 Å². The number of carbonyl (C=O) groups excluding carboxylic acids is 1. The summed E-state index contributed by atoms with van der Waals surface area (Å²) in [4.78, 5) is 16.1. The third-order valence-electron chi connectivity index (χ3n) is 4.26. The highest BCUT2D eigenvalue weighted by molar-refractivity contribution is 7.97. The molecule has 3 aromatic carbocycles. The van der Waals surface area contributed by atoms with Gasteiger partial charge in [-0.05, 0) is 41.3 Å². The van der Waals surface area contributed by atoms with Gasteiger partial charge in [0.05, 0.1) is 23.7 Å². The predicted octanol–water partition coefficient (Wildman–Crippen LogP) is 5.99. The number of carbonyl (C=O) groups is 1. The van der Waals surface area contributed by atoms with Gasteiger partial charge in [-0.3, -0.25) is 9.21 Å². The maximum atomic E-state index is 13.2. The molecule has 0 unspecified atom stereocenters. The molecule has 2 amide bonds. The van der Waals surface area contributed by atoms with E-state index in [4.69, 9.17) is 11.6 Å². The van der Waals surface area contributed by atoms with Gasteiger partial charge in [0.1, 0.15) is 0 Å². The Morgan fingerprint density at radius 3 is 2.31 bits per heavy atom. The Hall–Kier alpha value is -2.43. The lowest BCUT2D eigenvalue weighted by atomic mass is 10.2.